The quantitative estimate of drug-likeness (QED) is 0.254. The smallest absolute Gasteiger partial charge is 0.454 e. The van der Waals surface area contributed by atoms with Crippen molar-refractivity contribution in [3.63, 3.8) is 0 Å². The normalized spacial score (nSPS) is 21.2. The molecule has 0 saturated carbocycles. The van der Waals surface area contributed by atoms with Gasteiger partial charge in [-0.05, 0) is 85.6 Å². The maximum atomic E-state index is 13.5. The van der Waals surface area contributed by atoms with E-state index in [2.05, 4.69) is 0 Å². The topological polar surface area (TPSA) is 55.8 Å². The standard InChI is InChI=1S/C30H31F6NO4/c1-16-10-19(12-21(11-16)29(31,32)33)25-17(2)37(27(39)41-25)15-20-14-28(3,4)9-8-22(20)23-13-18(6-7-24(23)40-5)26(38)30(34,35)36/h6-7,10-13,17,25H,8-9,14-15H2,1-5H3/t17-,25-/m0/s1. The first kappa shape index (κ1) is 30.5. The summed E-state index contributed by atoms with van der Waals surface area (Å²) in [5.41, 5.74) is 0.772. The van der Waals surface area contributed by atoms with Crippen LogP contribution in [0.1, 0.15) is 78.7 Å². The van der Waals surface area contributed by atoms with Crippen molar-refractivity contribution < 1.29 is 45.4 Å². The molecule has 2 atom stereocenters. The number of ketones is 1. The number of halogens is 6. The summed E-state index contributed by atoms with van der Waals surface area (Å²) in [6.45, 7) is 7.33. The van der Waals surface area contributed by atoms with E-state index in [9.17, 15) is 35.9 Å². The third kappa shape index (κ3) is 6.38. The molecule has 41 heavy (non-hydrogen) atoms. The van der Waals surface area contributed by atoms with E-state index in [0.29, 0.717) is 36.0 Å². The Morgan fingerprint density at radius 3 is 2.39 bits per heavy atom. The molecule has 222 valence electrons. The highest BCUT2D eigenvalue weighted by Crippen LogP contribution is 2.46. The van der Waals surface area contributed by atoms with Crippen molar-refractivity contribution in [2.24, 2.45) is 5.41 Å². The number of aryl methyl sites for hydroxylation is 1. The summed E-state index contributed by atoms with van der Waals surface area (Å²) in [6, 6.07) is 6.47. The lowest BCUT2D eigenvalue weighted by atomic mass is 9.72. The SMILES string of the molecule is COc1ccc(C(=O)C(F)(F)F)cc1C1=C(CN2C(=O)O[C@H](c3cc(C)cc(C(F)(F)F)c3)[C@@H]2C)CC(C)(C)CC1. The maximum Gasteiger partial charge on any atom is 0.454 e. The van der Waals surface area contributed by atoms with Crippen LogP contribution in [0, 0.1) is 12.3 Å². The highest BCUT2D eigenvalue weighted by atomic mass is 19.4. The molecule has 1 saturated heterocycles. The van der Waals surface area contributed by atoms with Crippen LogP contribution in [0.15, 0.2) is 42.0 Å². The number of hydrogen-bond acceptors (Lipinski definition) is 4. The first-order valence-corrected chi connectivity index (χ1v) is 13.1. The van der Waals surface area contributed by atoms with Crippen molar-refractivity contribution in [1.82, 2.24) is 4.90 Å². The molecule has 0 spiro atoms. The molecule has 1 amide bonds. The van der Waals surface area contributed by atoms with Crippen molar-refractivity contribution >= 4 is 17.4 Å². The first-order valence-electron chi connectivity index (χ1n) is 13.1. The number of alkyl halides is 6. The second-order valence-electron chi connectivity index (χ2n) is 11.5. The summed E-state index contributed by atoms with van der Waals surface area (Å²) >= 11 is 0. The van der Waals surface area contributed by atoms with Gasteiger partial charge in [0.25, 0.3) is 5.78 Å². The number of nitrogens with zero attached hydrogens (tertiary/aromatic N) is 1. The molecule has 11 heteroatoms. The van der Waals surface area contributed by atoms with Gasteiger partial charge in [-0.3, -0.25) is 9.69 Å². The molecule has 2 aliphatic rings. The van der Waals surface area contributed by atoms with E-state index in [-0.39, 0.29) is 23.3 Å². The molecule has 0 N–H and O–H groups in total. The third-order valence-corrected chi connectivity index (χ3v) is 7.72. The van der Waals surface area contributed by atoms with Gasteiger partial charge in [-0.1, -0.05) is 25.5 Å². The number of carbonyl (C=O) groups excluding carboxylic acids is 2. The average Bonchev–Trinajstić information content (AvgIpc) is 3.14. The van der Waals surface area contributed by atoms with Crippen molar-refractivity contribution in [3.8, 4) is 5.75 Å². The van der Waals surface area contributed by atoms with E-state index >= 15 is 0 Å². The summed E-state index contributed by atoms with van der Waals surface area (Å²) in [4.78, 5) is 26.5. The molecule has 0 radical (unpaired) electrons. The molecule has 2 aromatic rings. The van der Waals surface area contributed by atoms with Gasteiger partial charge in [0, 0.05) is 17.7 Å². The van der Waals surface area contributed by atoms with E-state index < -0.39 is 47.5 Å². The van der Waals surface area contributed by atoms with Gasteiger partial charge in [0.15, 0.2) is 0 Å². The second kappa shape index (κ2) is 10.7. The fourth-order valence-corrected chi connectivity index (χ4v) is 5.64. The molecule has 1 aliphatic carbocycles. The minimum absolute atomic E-state index is 0.0494. The monoisotopic (exact) mass is 583 g/mol. The Morgan fingerprint density at radius 1 is 1.10 bits per heavy atom. The predicted molar refractivity (Wildman–Crippen MR) is 140 cm³/mol. The van der Waals surface area contributed by atoms with E-state index in [1.807, 2.05) is 13.8 Å². The van der Waals surface area contributed by atoms with Crippen LogP contribution in [-0.4, -0.2) is 42.6 Å². The number of hydrogen-bond donors (Lipinski definition) is 0. The molecular weight excluding hydrogens is 552 g/mol. The van der Waals surface area contributed by atoms with Gasteiger partial charge in [-0.2, -0.15) is 26.3 Å². The molecular formula is C30H31F6NO4. The number of benzene rings is 2. The van der Waals surface area contributed by atoms with E-state index in [4.69, 9.17) is 9.47 Å². The van der Waals surface area contributed by atoms with Crippen LogP contribution in [0.3, 0.4) is 0 Å². The fourth-order valence-electron chi connectivity index (χ4n) is 5.64. The Balaban J connectivity index is 1.74. The van der Waals surface area contributed by atoms with Crippen LogP contribution in [0.5, 0.6) is 5.75 Å². The number of carbonyl (C=O) groups is 2. The fraction of sp³-hybridized carbons (Fsp3) is 0.467. The number of ether oxygens (including phenoxy) is 2. The second-order valence-corrected chi connectivity index (χ2v) is 11.5. The average molecular weight is 584 g/mol. The molecule has 0 aromatic heterocycles. The lowest BCUT2D eigenvalue weighted by Crippen LogP contribution is -2.35. The summed E-state index contributed by atoms with van der Waals surface area (Å²) < 4.78 is 91.0. The summed E-state index contributed by atoms with van der Waals surface area (Å²) in [6.07, 6.45) is -9.64. The zero-order valence-corrected chi connectivity index (χ0v) is 23.3. The zero-order chi connectivity index (χ0) is 30.5. The van der Waals surface area contributed by atoms with Crippen molar-refractivity contribution in [2.45, 2.75) is 71.5 Å². The van der Waals surface area contributed by atoms with Crippen molar-refractivity contribution in [3.05, 3.63) is 69.8 Å². The third-order valence-electron chi connectivity index (χ3n) is 7.72. The van der Waals surface area contributed by atoms with Gasteiger partial charge in [0.2, 0.25) is 0 Å². The maximum absolute atomic E-state index is 13.5. The predicted octanol–water partition coefficient (Wildman–Crippen LogP) is 8.31. The van der Waals surface area contributed by atoms with Crippen molar-refractivity contribution in [2.75, 3.05) is 13.7 Å². The number of amides is 1. The lowest BCUT2D eigenvalue weighted by Gasteiger charge is -2.36. The number of Topliss-reactive ketones (excluding diaryl/α,β-unsaturated/α-hetero) is 1. The minimum Gasteiger partial charge on any atom is -0.496 e. The highest BCUT2D eigenvalue weighted by molar-refractivity contribution is 6.01. The van der Waals surface area contributed by atoms with Crippen LogP contribution in [0.25, 0.3) is 5.57 Å². The molecule has 0 bridgehead atoms. The molecule has 2 aromatic carbocycles. The Kier molecular flexibility index (Phi) is 7.97. The van der Waals surface area contributed by atoms with E-state index in [1.165, 1.54) is 31.1 Å². The summed E-state index contributed by atoms with van der Waals surface area (Å²) in [7, 11) is 1.37. The number of allylic oxidation sites excluding steroid dienone is 1. The summed E-state index contributed by atoms with van der Waals surface area (Å²) in [5, 5.41) is 0. The van der Waals surface area contributed by atoms with Gasteiger partial charge in [0.1, 0.15) is 11.9 Å². The molecule has 4 rings (SSSR count). The Morgan fingerprint density at radius 2 is 1.78 bits per heavy atom. The lowest BCUT2D eigenvalue weighted by molar-refractivity contribution is -0.137. The molecule has 0 unspecified atom stereocenters. The highest BCUT2D eigenvalue weighted by Gasteiger charge is 2.43. The van der Waals surface area contributed by atoms with Crippen LogP contribution in [0.2, 0.25) is 0 Å². The van der Waals surface area contributed by atoms with E-state index in [0.717, 1.165) is 23.8 Å². The van der Waals surface area contributed by atoms with Gasteiger partial charge in [-0.25, -0.2) is 4.79 Å². The number of methoxy groups -OCH3 is 1. The molecule has 1 heterocycles. The van der Waals surface area contributed by atoms with Gasteiger partial charge >= 0.3 is 18.4 Å². The van der Waals surface area contributed by atoms with Crippen LogP contribution < -0.4 is 4.74 Å². The van der Waals surface area contributed by atoms with Gasteiger partial charge < -0.3 is 9.47 Å². The van der Waals surface area contributed by atoms with Crippen molar-refractivity contribution in [1.29, 1.82) is 0 Å². The van der Waals surface area contributed by atoms with Gasteiger partial charge in [0.05, 0.1) is 18.7 Å². The van der Waals surface area contributed by atoms with E-state index in [1.54, 1.807) is 13.0 Å². The minimum atomic E-state index is -5.05. The number of cyclic esters (lactones) is 1. The Hall–Kier alpha value is -3.50. The molecule has 5 nitrogen and oxygen atoms in total. The largest absolute Gasteiger partial charge is 0.496 e. The van der Waals surface area contributed by atoms with Gasteiger partial charge in [-0.15, -0.1) is 0 Å². The van der Waals surface area contributed by atoms with Crippen LogP contribution >= 0.6 is 0 Å². The number of rotatable bonds is 6. The molecule has 1 fully saturated rings. The summed E-state index contributed by atoms with van der Waals surface area (Å²) in [5.74, 6) is -1.69. The molecule has 1 aliphatic heterocycles. The zero-order valence-electron chi connectivity index (χ0n) is 23.3. The Labute approximate surface area is 234 Å². The van der Waals surface area contributed by atoms with Crippen LogP contribution in [-0.2, 0) is 10.9 Å². The first-order chi connectivity index (χ1) is 18.9. The Bertz CT molecular complexity index is 1390. The van der Waals surface area contributed by atoms with Crippen LogP contribution in [0.4, 0.5) is 31.1 Å².